The smallest absolute Gasteiger partial charge is 0.0774 e. The highest BCUT2D eigenvalue weighted by Crippen LogP contribution is 2.31. The second-order valence-electron chi connectivity index (χ2n) is 5.93. The van der Waals surface area contributed by atoms with Gasteiger partial charge in [-0.25, -0.2) is 0 Å². The van der Waals surface area contributed by atoms with E-state index in [2.05, 4.69) is 11.9 Å². The third kappa shape index (κ3) is 2.96. The highest BCUT2D eigenvalue weighted by molar-refractivity contribution is 4.90. The van der Waals surface area contributed by atoms with E-state index in [0.717, 1.165) is 25.8 Å². The lowest BCUT2D eigenvalue weighted by molar-refractivity contribution is -0.000196. The minimum atomic E-state index is -0.406. The topological polar surface area (TPSA) is 49.5 Å². The van der Waals surface area contributed by atoms with Crippen molar-refractivity contribution in [3.63, 3.8) is 0 Å². The molecule has 0 heterocycles. The van der Waals surface area contributed by atoms with Crippen LogP contribution >= 0.6 is 0 Å². The van der Waals surface area contributed by atoms with Gasteiger partial charge in [0.15, 0.2) is 0 Å². The van der Waals surface area contributed by atoms with Gasteiger partial charge in [0.05, 0.1) is 5.60 Å². The summed E-state index contributed by atoms with van der Waals surface area (Å²) < 4.78 is 0. The Morgan fingerprint density at radius 2 is 1.94 bits per heavy atom. The van der Waals surface area contributed by atoms with Crippen LogP contribution in [0, 0.1) is 0 Å². The maximum atomic E-state index is 10.4. The van der Waals surface area contributed by atoms with Gasteiger partial charge in [0, 0.05) is 18.6 Å². The zero-order valence-corrected chi connectivity index (χ0v) is 10.5. The standard InChI is InChI=1S/C13H26N2O/c1-15(10-13(16)7-2-3-8-13)12-6-4-5-11(14)9-12/h11-12,16H,2-10,14H2,1H3. The summed E-state index contributed by atoms with van der Waals surface area (Å²) in [6.45, 7) is 0.838. The summed E-state index contributed by atoms with van der Waals surface area (Å²) in [6, 6.07) is 0.966. The molecule has 2 fully saturated rings. The first kappa shape index (κ1) is 12.3. The summed E-state index contributed by atoms with van der Waals surface area (Å²) in [6.07, 6.45) is 9.12. The first-order chi connectivity index (χ1) is 7.59. The van der Waals surface area contributed by atoms with Gasteiger partial charge in [0.1, 0.15) is 0 Å². The Hall–Kier alpha value is -0.120. The van der Waals surface area contributed by atoms with Crippen molar-refractivity contribution in [1.29, 1.82) is 0 Å². The van der Waals surface area contributed by atoms with Gasteiger partial charge in [0.25, 0.3) is 0 Å². The molecular formula is C13H26N2O. The van der Waals surface area contributed by atoms with Crippen LogP contribution < -0.4 is 5.73 Å². The molecule has 2 saturated carbocycles. The molecule has 0 spiro atoms. The third-order valence-corrected chi connectivity index (χ3v) is 4.39. The molecule has 0 aromatic carbocycles. The molecule has 2 unspecified atom stereocenters. The molecule has 2 aliphatic rings. The molecule has 0 saturated heterocycles. The number of hydrogen-bond donors (Lipinski definition) is 2. The Balaban J connectivity index is 1.84. The Labute approximate surface area is 99.0 Å². The molecule has 3 heteroatoms. The lowest BCUT2D eigenvalue weighted by Gasteiger charge is -2.37. The number of rotatable bonds is 3. The van der Waals surface area contributed by atoms with E-state index in [0.29, 0.717) is 12.1 Å². The molecule has 3 nitrogen and oxygen atoms in total. The van der Waals surface area contributed by atoms with Crippen molar-refractivity contribution < 1.29 is 5.11 Å². The average Bonchev–Trinajstić information content (AvgIpc) is 2.65. The summed E-state index contributed by atoms with van der Waals surface area (Å²) in [4.78, 5) is 2.35. The van der Waals surface area contributed by atoms with Crippen molar-refractivity contribution in [1.82, 2.24) is 4.90 Å². The van der Waals surface area contributed by atoms with E-state index >= 15 is 0 Å². The Kier molecular flexibility index (Phi) is 3.88. The van der Waals surface area contributed by atoms with Crippen LogP contribution in [0.15, 0.2) is 0 Å². The van der Waals surface area contributed by atoms with Crippen LogP contribution in [0.1, 0.15) is 51.4 Å². The van der Waals surface area contributed by atoms with E-state index < -0.39 is 5.60 Å². The molecule has 2 aliphatic carbocycles. The van der Waals surface area contributed by atoms with Gasteiger partial charge in [-0.05, 0) is 39.2 Å². The number of likely N-dealkylation sites (N-methyl/N-ethyl adjacent to an activating group) is 1. The number of aliphatic hydroxyl groups is 1. The largest absolute Gasteiger partial charge is 0.389 e. The summed E-state index contributed by atoms with van der Waals surface area (Å²) in [5.41, 5.74) is 5.61. The van der Waals surface area contributed by atoms with Crippen LogP contribution in [0.3, 0.4) is 0 Å². The first-order valence-electron chi connectivity index (χ1n) is 6.77. The van der Waals surface area contributed by atoms with Gasteiger partial charge >= 0.3 is 0 Å². The molecule has 0 bridgehead atoms. The van der Waals surface area contributed by atoms with Crippen LogP contribution in [-0.2, 0) is 0 Å². The molecule has 94 valence electrons. The average molecular weight is 226 g/mol. The lowest BCUT2D eigenvalue weighted by atomic mass is 9.89. The van der Waals surface area contributed by atoms with E-state index in [9.17, 15) is 5.11 Å². The highest BCUT2D eigenvalue weighted by atomic mass is 16.3. The molecule has 0 radical (unpaired) electrons. The molecule has 16 heavy (non-hydrogen) atoms. The van der Waals surface area contributed by atoms with Crippen molar-refractivity contribution >= 4 is 0 Å². The maximum absolute atomic E-state index is 10.4. The zero-order chi connectivity index (χ0) is 11.6. The summed E-state index contributed by atoms with van der Waals surface area (Å²) in [5, 5.41) is 10.4. The molecule has 2 rings (SSSR count). The second-order valence-corrected chi connectivity index (χ2v) is 5.93. The Morgan fingerprint density at radius 1 is 1.25 bits per heavy atom. The van der Waals surface area contributed by atoms with Gasteiger partial charge in [-0.1, -0.05) is 19.3 Å². The SMILES string of the molecule is CN(CC1(O)CCCC1)C1CCCC(N)C1. The Bertz CT molecular complexity index is 226. The fourth-order valence-corrected chi connectivity index (χ4v) is 3.39. The van der Waals surface area contributed by atoms with E-state index in [-0.39, 0.29) is 0 Å². The van der Waals surface area contributed by atoms with Crippen LogP contribution in [0.2, 0.25) is 0 Å². The van der Waals surface area contributed by atoms with Crippen molar-refractivity contribution in [3.8, 4) is 0 Å². The van der Waals surface area contributed by atoms with Gasteiger partial charge in [-0.15, -0.1) is 0 Å². The predicted molar refractivity (Wildman–Crippen MR) is 66.3 cm³/mol. The monoisotopic (exact) mass is 226 g/mol. The lowest BCUT2D eigenvalue weighted by Crippen LogP contribution is -2.47. The first-order valence-corrected chi connectivity index (χ1v) is 6.77. The number of nitrogens with two attached hydrogens (primary N) is 1. The molecular weight excluding hydrogens is 200 g/mol. The molecule has 0 aromatic heterocycles. The zero-order valence-electron chi connectivity index (χ0n) is 10.5. The molecule has 0 aromatic rings. The van der Waals surface area contributed by atoms with Crippen molar-refractivity contribution in [2.24, 2.45) is 5.73 Å². The van der Waals surface area contributed by atoms with Gasteiger partial charge < -0.3 is 15.7 Å². The quantitative estimate of drug-likeness (QED) is 0.766. The summed E-state index contributed by atoms with van der Waals surface area (Å²) in [5.74, 6) is 0. The minimum absolute atomic E-state index is 0.374. The van der Waals surface area contributed by atoms with E-state index in [1.165, 1.54) is 32.1 Å². The third-order valence-electron chi connectivity index (χ3n) is 4.39. The van der Waals surface area contributed by atoms with Crippen LogP contribution in [0.25, 0.3) is 0 Å². The van der Waals surface area contributed by atoms with E-state index in [4.69, 9.17) is 5.73 Å². The van der Waals surface area contributed by atoms with Crippen LogP contribution in [-0.4, -0.2) is 41.3 Å². The molecule has 0 aliphatic heterocycles. The Morgan fingerprint density at radius 3 is 2.56 bits per heavy atom. The van der Waals surface area contributed by atoms with Crippen LogP contribution in [0.5, 0.6) is 0 Å². The van der Waals surface area contributed by atoms with Gasteiger partial charge in [-0.2, -0.15) is 0 Å². The fraction of sp³-hybridized carbons (Fsp3) is 1.00. The summed E-state index contributed by atoms with van der Waals surface area (Å²) >= 11 is 0. The summed E-state index contributed by atoms with van der Waals surface area (Å²) in [7, 11) is 2.15. The van der Waals surface area contributed by atoms with Crippen molar-refractivity contribution in [2.45, 2.75) is 69.1 Å². The fourth-order valence-electron chi connectivity index (χ4n) is 3.39. The van der Waals surface area contributed by atoms with Gasteiger partial charge in [-0.3, -0.25) is 0 Å². The van der Waals surface area contributed by atoms with Crippen molar-refractivity contribution in [3.05, 3.63) is 0 Å². The normalized spacial score (nSPS) is 34.5. The molecule has 2 atom stereocenters. The second kappa shape index (κ2) is 5.03. The van der Waals surface area contributed by atoms with Gasteiger partial charge in [0.2, 0.25) is 0 Å². The van der Waals surface area contributed by atoms with Crippen LogP contribution in [0.4, 0.5) is 0 Å². The minimum Gasteiger partial charge on any atom is -0.389 e. The predicted octanol–water partition coefficient (Wildman–Crippen LogP) is 1.49. The molecule has 0 amide bonds. The molecule has 3 N–H and O–H groups in total. The van der Waals surface area contributed by atoms with E-state index in [1.54, 1.807) is 0 Å². The number of nitrogens with zero attached hydrogens (tertiary/aromatic N) is 1. The maximum Gasteiger partial charge on any atom is 0.0774 e. The van der Waals surface area contributed by atoms with Crippen molar-refractivity contribution in [2.75, 3.05) is 13.6 Å². The highest BCUT2D eigenvalue weighted by Gasteiger charge is 2.34. The van der Waals surface area contributed by atoms with E-state index in [1.807, 2.05) is 0 Å². The number of hydrogen-bond acceptors (Lipinski definition) is 3.